The first-order valence-electron chi connectivity index (χ1n) is 9.83. The molecule has 2 heterocycles. The Labute approximate surface area is 179 Å². The molecule has 1 aliphatic rings. The monoisotopic (exact) mass is 422 g/mol. The van der Waals surface area contributed by atoms with Gasteiger partial charge in [0.2, 0.25) is 0 Å². The molecule has 1 aromatic heterocycles. The van der Waals surface area contributed by atoms with Gasteiger partial charge in [-0.1, -0.05) is 0 Å². The molecular formula is C23H22N2O6. The van der Waals surface area contributed by atoms with Crippen LogP contribution < -0.4 is 24.4 Å². The summed E-state index contributed by atoms with van der Waals surface area (Å²) in [6.07, 6.45) is 2.06. The highest BCUT2D eigenvalue weighted by atomic mass is 16.5. The number of carbonyl (C=O) groups excluding carboxylic acids is 2. The molecule has 160 valence electrons. The Morgan fingerprint density at radius 2 is 1.94 bits per heavy atom. The quantitative estimate of drug-likeness (QED) is 0.556. The normalized spacial score (nSPS) is 12.7. The molecule has 0 aliphatic carbocycles. The third-order valence-electron chi connectivity index (χ3n) is 4.76. The van der Waals surface area contributed by atoms with Crippen molar-refractivity contribution in [3.05, 3.63) is 66.6 Å². The first-order chi connectivity index (χ1) is 15.1. The van der Waals surface area contributed by atoms with Gasteiger partial charge in [-0.25, -0.2) is 0 Å². The summed E-state index contributed by atoms with van der Waals surface area (Å²) in [5, 5.41) is 2.77. The lowest BCUT2D eigenvalue weighted by Crippen LogP contribution is -2.39. The lowest BCUT2D eigenvalue weighted by Gasteiger charge is -2.29. The van der Waals surface area contributed by atoms with Gasteiger partial charge in [0.05, 0.1) is 25.7 Å². The van der Waals surface area contributed by atoms with Gasteiger partial charge >= 0.3 is 0 Å². The van der Waals surface area contributed by atoms with E-state index in [1.54, 1.807) is 42.3 Å². The van der Waals surface area contributed by atoms with E-state index in [9.17, 15) is 9.59 Å². The maximum Gasteiger partial charge on any atom is 0.291 e. The molecule has 4 rings (SSSR count). The van der Waals surface area contributed by atoms with Crippen molar-refractivity contribution >= 4 is 23.2 Å². The molecule has 3 aromatic rings. The molecule has 8 nitrogen and oxygen atoms in total. The molecule has 1 N–H and O–H groups in total. The number of nitrogens with zero attached hydrogens (tertiary/aromatic N) is 1. The molecule has 0 fully saturated rings. The van der Waals surface area contributed by atoms with Gasteiger partial charge < -0.3 is 28.8 Å². The van der Waals surface area contributed by atoms with Crippen LogP contribution >= 0.6 is 0 Å². The zero-order chi connectivity index (χ0) is 21.6. The van der Waals surface area contributed by atoms with Gasteiger partial charge in [-0.15, -0.1) is 0 Å². The van der Waals surface area contributed by atoms with Crippen LogP contribution in [0.2, 0.25) is 0 Å². The predicted molar refractivity (Wildman–Crippen MR) is 114 cm³/mol. The standard InChI is InChI=1S/C23H22N2O6/c1-28-17-6-8-18(9-7-17)29-13-3-11-25-19-14-16(5-10-20(19)31-15-22(25)26)24-23(27)21-4-2-12-30-21/h2,4-10,12,14H,3,11,13,15H2,1H3,(H,24,27). The molecule has 0 saturated heterocycles. The number of methoxy groups -OCH3 is 1. The number of fused-ring (bicyclic) bond motifs is 1. The van der Waals surface area contributed by atoms with E-state index in [1.807, 2.05) is 24.3 Å². The van der Waals surface area contributed by atoms with Gasteiger partial charge in [0, 0.05) is 12.2 Å². The third-order valence-corrected chi connectivity index (χ3v) is 4.76. The van der Waals surface area contributed by atoms with Crippen LogP contribution in [0.3, 0.4) is 0 Å². The average molecular weight is 422 g/mol. The number of carbonyl (C=O) groups is 2. The number of anilines is 2. The van der Waals surface area contributed by atoms with Crippen LogP contribution in [0.1, 0.15) is 17.0 Å². The van der Waals surface area contributed by atoms with Crippen molar-refractivity contribution in [2.45, 2.75) is 6.42 Å². The Bertz CT molecular complexity index is 1050. The summed E-state index contributed by atoms with van der Waals surface area (Å²) in [6.45, 7) is 0.882. The van der Waals surface area contributed by atoms with Crippen LogP contribution in [0.15, 0.2) is 65.3 Å². The molecule has 0 atom stereocenters. The van der Waals surface area contributed by atoms with E-state index >= 15 is 0 Å². The summed E-state index contributed by atoms with van der Waals surface area (Å²) in [7, 11) is 1.61. The molecule has 0 radical (unpaired) electrons. The average Bonchev–Trinajstić information content (AvgIpc) is 3.33. The fourth-order valence-corrected chi connectivity index (χ4v) is 3.21. The van der Waals surface area contributed by atoms with Crippen LogP contribution in [-0.2, 0) is 4.79 Å². The van der Waals surface area contributed by atoms with Crippen molar-refractivity contribution in [1.82, 2.24) is 0 Å². The minimum absolute atomic E-state index is 0.0234. The number of ether oxygens (including phenoxy) is 3. The Hall–Kier alpha value is -3.94. The molecular weight excluding hydrogens is 400 g/mol. The fourth-order valence-electron chi connectivity index (χ4n) is 3.21. The van der Waals surface area contributed by atoms with Crippen LogP contribution in [0.5, 0.6) is 17.2 Å². The number of nitrogens with one attached hydrogen (secondary N) is 1. The number of benzene rings is 2. The molecule has 2 aromatic carbocycles. The number of hydrogen-bond acceptors (Lipinski definition) is 6. The van der Waals surface area contributed by atoms with Crippen molar-refractivity contribution in [3.8, 4) is 17.2 Å². The minimum atomic E-state index is -0.368. The highest BCUT2D eigenvalue weighted by Crippen LogP contribution is 2.35. The second-order valence-electron chi connectivity index (χ2n) is 6.83. The van der Waals surface area contributed by atoms with E-state index in [1.165, 1.54) is 6.26 Å². The maximum absolute atomic E-state index is 12.5. The van der Waals surface area contributed by atoms with E-state index in [0.29, 0.717) is 36.7 Å². The highest BCUT2D eigenvalue weighted by Gasteiger charge is 2.26. The summed E-state index contributed by atoms with van der Waals surface area (Å²) in [5.41, 5.74) is 1.15. The zero-order valence-corrected chi connectivity index (χ0v) is 17.0. The van der Waals surface area contributed by atoms with Crippen molar-refractivity contribution in [2.24, 2.45) is 0 Å². The predicted octanol–water partition coefficient (Wildman–Crippen LogP) is 3.74. The summed E-state index contributed by atoms with van der Waals surface area (Å²) in [4.78, 5) is 26.3. The van der Waals surface area contributed by atoms with E-state index < -0.39 is 0 Å². The Morgan fingerprint density at radius 1 is 1.13 bits per heavy atom. The summed E-state index contributed by atoms with van der Waals surface area (Å²) >= 11 is 0. The van der Waals surface area contributed by atoms with Crippen molar-refractivity contribution in [3.63, 3.8) is 0 Å². The molecule has 1 aliphatic heterocycles. The Balaban J connectivity index is 1.39. The number of amides is 2. The fraction of sp³-hybridized carbons (Fsp3) is 0.217. The van der Waals surface area contributed by atoms with E-state index in [4.69, 9.17) is 18.6 Å². The maximum atomic E-state index is 12.5. The smallest absolute Gasteiger partial charge is 0.291 e. The molecule has 0 bridgehead atoms. The molecule has 2 amide bonds. The van der Waals surface area contributed by atoms with Gasteiger partial charge in [0.1, 0.15) is 17.2 Å². The molecule has 8 heteroatoms. The lowest BCUT2D eigenvalue weighted by atomic mass is 10.2. The van der Waals surface area contributed by atoms with Gasteiger partial charge in [0.15, 0.2) is 12.4 Å². The minimum Gasteiger partial charge on any atom is -0.497 e. The van der Waals surface area contributed by atoms with E-state index in [-0.39, 0.29) is 24.2 Å². The van der Waals surface area contributed by atoms with Crippen LogP contribution in [0, 0.1) is 0 Å². The van der Waals surface area contributed by atoms with Crippen LogP contribution in [-0.4, -0.2) is 38.7 Å². The molecule has 0 unspecified atom stereocenters. The summed E-state index contributed by atoms with van der Waals surface area (Å²) in [6, 6.07) is 15.7. The largest absolute Gasteiger partial charge is 0.497 e. The highest BCUT2D eigenvalue weighted by molar-refractivity contribution is 6.03. The second-order valence-corrected chi connectivity index (χ2v) is 6.83. The van der Waals surface area contributed by atoms with Crippen molar-refractivity contribution in [1.29, 1.82) is 0 Å². The molecule has 31 heavy (non-hydrogen) atoms. The van der Waals surface area contributed by atoms with Gasteiger partial charge in [-0.05, 0) is 61.0 Å². The first kappa shape index (κ1) is 20.3. The number of furan rings is 1. The van der Waals surface area contributed by atoms with Crippen molar-refractivity contribution < 1.29 is 28.2 Å². The second kappa shape index (κ2) is 9.25. The third kappa shape index (κ3) is 4.80. The zero-order valence-electron chi connectivity index (χ0n) is 17.0. The topological polar surface area (TPSA) is 90.2 Å². The number of hydrogen-bond donors (Lipinski definition) is 1. The van der Waals surface area contributed by atoms with E-state index in [0.717, 1.165) is 11.5 Å². The van der Waals surface area contributed by atoms with Gasteiger partial charge in [0.25, 0.3) is 11.8 Å². The Morgan fingerprint density at radius 3 is 2.68 bits per heavy atom. The van der Waals surface area contributed by atoms with Crippen LogP contribution in [0.4, 0.5) is 11.4 Å². The SMILES string of the molecule is COc1ccc(OCCCN2C(=O)COc3ccc(NC(=O)c4ccco4)cc32)cc1. The molecule has 0 spiro atoms. The first-order valence-corrected chi connectivity index (χ1v) is 9.83. The Kier molecular flexibility index (Phi) is 6.07. The summed E-state index contributed by atoms with van der Waals surface area (Å²) < 4.78 is 21.5. The lowest BCUT2D eigenvalue weighted by molar-refractivity contribution is -0.121. The van der Waals surface area contributed by atoms with E-state index in [2.05, 4.69) is 5.32 Å². The van der Waals surface area contributed by atoms with Crippen molar-refractivity contribution in [2.75, 3.05) is 37.1 Å². The number of rotatable bonds is 8. The molecule has 0 saturated carbocycles. The van der Waals surface area contributed by atoms with Crippen LogP contribution in [0.25, 0.3) is 0 Å². The summed E-state index contributed by atoms with van der Waals surface area (Å²) in [5.74, 6) is 1.78. The van der Waals surface area contributed by atoms with Gasteiger partial charge in [-0.2, -0.15) is 0 Å². The van der Waals surface area contributed by atoms with Gasteiger partial charge in [-0.3, -0.25) is 9.59 Å².